The van der Waals surface area contributed by atoms with E-state index in [0.717, 1.165) is 5.56 Å². The number of nitrogens with zero attached hydrogens (tertiary/aromatic N) is 2. The fourth-order valence-electron chi connectivity index (χ4n) is 3.07. The number of carbonyl (C=O) groups is 2. The lowest BCUT2D eigenvalue weighted by Gasteiger charge is -2.24. The maximum Gasteiger partial charge on any atom is 0.252 e. The summed E-state index contributed by atoms with van der Waals surface area (Å²) in [5, 5.41) is 3.71. The summed E-state index contributed by atoms with van der Waals surface area (Å²) in [4.78, 5) is 28.5. The van der Waals surface area contributed by atoms with E-state index in [4.69, 9.17) is 23.8 Å². The van der Waals surface area contributed by atoms with Crippen LogP contribution in [0.3, 0.4) is 0 Å². The van der Waals surface area contributed by atoms with Crippen molar-refractivity contribution < 1.29 is 14.0 Å². The maximum atomic E-state index is 13.2. The summed E-state index contributed by atoms with van der Waals surface area (Å²) in [6.45, 7) is 2.57. The average Bonchev–Trinajstić information content (AvgIpc) is 2.89. The molecule has 2 amide bonds. The molecular weight excluding hydrogens is 401 g/mol. The van der Waals surface area contributed by atoms with E-state index in [9.17, 15) is 14.0 Å². The Bertz CT molecular complexity index is 889. The van der Waals surface area contributed by atoms with Gasteiger partial charge in [-0.3, -0.25) is 14.5 Å². The molecule has 3 rings (SSSR count). The predicted molar refractivity (Wildman–Crippen MR) is 110 cm³/mol. The Morgan fingerprint density at radius 3 is 2.43 bits per heavy atom. The number of benzene rings is 2. The molecule has 0 saturated carbocycles. The molecule has 8 heteroatoms. The molecule has 1 heterocycles. The van der Waals surface area contributed by atoms with Gasteiger partial charge in [0.2, 0.25) is 5.91 Å². The molecule has 0 bridgehead atoms. The van der Waals surface area contributed by atoms with Gasteiger partial charge >= 0.3 is 0 Å². The van der Waals surface area contributed by atoms with Crippen molar-refractivity contribution in [3.8, 4) is 0 Å². The first-order chi connectivity index (χ1) is 13.4. The van der Waals surface area contributed by atoms with E-state index in [2.05, 4.69) is 5.32 Å². The van der Waals surface area contributed by atoms with E-state index in [1.165, 1.54) is 17.0 Å². The van der Waals surface area contributed by atoms with Crippen molar-refractivity contribution in [1.29, 1.82) is 0 Å². The summed E-state index contributed by atoms with van der Waals surface area (Å²) in [7, 11) is 0. The van der Waals surface area contributed by atoms with E-state index < -0.39 is 6.04 Å². The van der Waals surface area contributed by atoms with Gasteiger partial charge in [-0.2, -0.15) is 0 Å². The minimum absolute atomic E-state index is 0.0424. The van der Waals surface area contributed by atoms with E-state index >= 15 is 0 Å². The van der Waals surface area contributed by atoms with Gasteiger partial charge < -0.3 is 10.2 Å². The van der Waals surface area contributed by atoms with Crippen LogP contribution in [0.15, 0.2) is 48.5 Å². The first kappa shape index (κ1) is 20.2. The number of thiocarbonyl (C=S) groups is 1. The third-order valence-corrected chi connectivity index (χ3v) is 5.20. The van der Waals surface area contributed by atoms with Crippen LogP contribution < -0.4 is 5.32 Å². The Kier molecular flexibility index (Phi) is 6.26. The number of anilines is 1. The summed E-state index contributed by atoms with van der Waals surface area (Å²) >= 11 is 11.3. The normalized spacial score (nSPS) is 16.6. The second-order valence-corrected chi connectivity index (χ2v) is 7.20. The zero-order valence-corrected chi connectivity index (χ0v) is 16.8. The second-order valence-electron chi connectivity index (χ2n) is 6.39. The second kappa shape index (κ2) is 8.67. The van der Waals surface area contributed by atoms with Gasteiger partial charge in [0.05, 0.1) is 6.42 Å². The molecule has 0 radical (unpaired) electrons. The van der Waals surface area contributed by atoms with Crippen LogP contribution in [0.25, 0.3) is 0 Å². The number of hydrogen-bond donors (Lipinski definition) is 1. The largest absolute Gasteiger partial charge is 0.332 e. The van der Waals surface area contributed by atoms with Crippen LogP contribution in [-0.4, -0.2) is 39.3 Å². The molecule has 0 aliphatic carbocycles. The Morgan fingerprint density at radius 2 is 1.82 bits per heavy atom. The van der Waals surface area contributed by atoms with Crippen molar-refractivity contribution in [1.82, 2.24) is 9.80 Å². The Balaban J connectivity index is 1.75. The molecular formula is C20H19ClFN3O2S. The van der Waals surface area contributed by atoms with Crippen molar-refractivity contribution in [3.63, 3.8) is 0 Å². The lowest BCUT2D eigenvalue weighted by molar-refractivity contribution is -0.130. The van der Waals surface area contributed by atoms with Gasteiger partial charge in [-0.25, -0.2) is 4.39 Å². The van der Waals surface area contributed by atoms with Gasteiger partial charge in [-0.1, -0.05) is 23.7 Å². The van der Waals surface area contributed by atoms with Gasteiger partial charge in [-0.15, -0.1) is 0 Å². The highest BCUT2D eigenvalue weighted by Crippen LogP contribution is 2.24. The SMILES string of the molecule is CCN1C(=O)C(CC(=O)Nc2ccc(Cl)cc2)N(Cc2ccc(F)cc2)C1=S. The standard InChI is InChI=1S/C20H19ClFN3O2S/c1-2-24-19(27)17(11-18(26)23-16-9-5-14(21)6-10-16)25(20(24)28)12-13-3-7-15(22)8-4-13/h3-10,17H,2,11-12H2,1H3,(H,23,26). The first-order valence-corrected chi connectivity index (χ1v) is 9.59. The van der Waals surface area contributed by atoms with Crippen molar-refractivity contribution in [3.05, 3.63) is 64.9 Å². The molecule has 2 aromatic carbocycles. The fourth-order valence-corrected chi connectivity index (χ4v) is 3.61. The van der Waals surface area contributed by atoms with Gasteiger partial charge in [-0.05, 0) is 61.1 Å². The van der Waals surface area contributed by atoms with Crippen LogP contribution >= 0.6 is 23.8 Å². The number of amides is 2. The quantitative estimate of drug-likeness (QED) is 0.723. The van der Waals surface area contributed by atoms with Gasteiger partial charge in [0, 0.05) is 23.8 Å². The molecule has 5 nitrogen and oxygen atoms in total. The number of rotatable bonds is 6. The van der Waals surface area contributed by atoms with Crippen LogP contribution in [0.1, 0.15) is 18.9 Å². The minimum atomic E-state index is -0.704. The zero-order valence-electron chi connectivity index (χ0n) is 15.2. The molecule has 1 atom stereocenters. The Morgan fingerprint density at radius 1 is 1.18 bits per heavy atom. The predicted octanol–water partition coefficient (Wildman–Crippen LogP) is 3.83. The third kappa shape index (κ3) is 4.48. The average molecular weight is 420 g/mol. The molecule has 2 aromatic rings. The third-order valence-electron chi connectivity index (χ3n) is 4.49. The van der Waals surface area contributed by atoms with Crippen LogP contribution in [0.4, 0.5) is 10.1 Å². The van der Waals surface area contributed by atoms with Crippen LogP contribution in [-0.2, 0) is 16.1 Å². The van der Waals surface area contributed by atoms with E-state index in [1.54, 1.807) is 41.3 Å². The van der Waals surface area contributed by atoms with Gasteiger partial charge in [0.15, 0.2) is 5.11 Å². The number of likely N-dealkylation sites (N-methyl/N-ethyl adjacent to an activating group) is 1. The van der Waals surface area contributed by atoms with Gasteiger partial charge in [0.25, 0.3) is 5.91 Å². The monoisotopic (exact) mass is 419 g/mol. The zero-order chi connectivity index (χ0) is 20.3. The Labute approximate surface area is 173 Å². The number of hydrogen-bond acceptors (Lipinski definition) is 3. The summed E-state index contributed by atoms with van der Waals surface area (Å²) < 4.78 is 13.2. The summed E-state index contributed by atoms with van der Waals surface area (Å²) in [5.74, 6) is -0.843. The topological polar surface area (TPSA) is 52.7 Å². The summed E-state index contributed by atoms with van der Waals surface area (Å²) in [6.07, 6.45) is -0.0424. The first-order valence-electron chi connectivity index (χ1n) is 8.81. The molecule has 1 saturated heterocycles. The van der Waals surface area contributed by atoms with Crippen molar-refractivity contribution >= 4 is 46.4 Å². The molecule has 28 heavy (non-hydrogen) atoms. The number of halogens is 2. The highest BCUT2D eigenvalue weighted by atomic mass is 35.5. The van der Waals surface area contributed by atoms with Crippen molar-refractivity contribution in [2.24, 2.45) is 0 Å². The molecule has 1 aliphatic rings. The van der Waals surface area contributed by atoms with E-state index in [-0.39, 0.29) is 24.1 Å². The fraction of sp³-hybridized carbons (Fsp3) is 0.250. The molecule has 1 N–H and O–H groups in total. The smallest absolute Gasteiger partial charge is 0.252 e. The Hall–Kier alpha value is -2.51. The maximum absolute atomic E-state index is 13.2. The van der Waals surface area contributed by atoms with Crippen molar-refractivity contribution in [2.75, 3.05) is 11.9 Å². The van der Waals surface area contributed by atoms with Crippen LogP contribution in [0.2, 0.25) is 5.02 Å². The van der Waals surface area contributed by atoms with E-state index in [0.29, 0.717) is 28.9 Å². The highest BCUT2D eigenvalue weighted by molar-refractivity contribution is 7.80. The molecule has 1 aliphatic heterocycles. The lowest BCUT2D eigenvalue weighted by Crippen LogP contribution is -2.37. The summed E-state index contributed by atoms with van der Waals surface area (Å²) in [6, 6.07) is 12.0. The molecule has 146 valence electrons. The molecule has 0 aromatic heterocycles. The summed E-state index contributed by atoms with van der Waals surface area (Å²) in [5.41, 5.74) is 1.40. The van der Waals surface area contributed by atoms with Crippen LogP contribution in [0.5, 0.6) is 0 Å². The molecule has 0 spiro atoms. The highest BCUT2D eigenvalue weighted by Gasteiger charge is 2.42. The molecule has 1 fully saturated rings. The number of carbonyl (C=O) groups excluding carboxylic acids is 2. The minimum Gasteiger partial charge on any atom is -0.332 e. The molecule has 1 unspecified atom stereocenters. The number of nitrogens with one attached hydrogen (secondary N) is 1. The van der Waals surface area contributed by atoms with E-state index in [1.807, 2.05) is 6.92 Å². The van der Waals surface area contributed by atoms with Gasteiger partial charge in [0.1, 0.15) is 11.9 Å². The van der Waals surface area contributed by atoms with Crippen molar-refractivity contribution in [2.45, 2.75) is 25.9 Å². The van der Waals surface area contributed by atoms with Crippen LogP contribution in [0, 0.1) is 5.82 Å². The lowest BCUT2D eigenvalue weighted by atomic mass is 10.1.